The predicted molar refractivity (Wildman–Crippen MR) is 114 cm³/mol. The van der Waals surface area contributed by atoms with Crippen molar-refractivity contribution in [2.24, 2.45) is 11.8 Å². The van der Waals surface area contributed by atoms with Crippen molar-refractivity contribution >= 4 is 23.3 Å². The van der Waals surface area contributed by atoms with Gasteiger partial charge in [0.1, 0.15) is 0 Å². The first-order chi connectivity index (χ1) is 13.6. The van der Waals surface area contributed by atoms with Crippen molar-refractivity contribution in [3.05, 3.63) is 29.3 Å². The zero-order chi connectivity index (χ0) is 19.6. The molecule has 4 rings (SSSR count). The second-order valence-corrected chi connectivity index (χ2v) is 9.46. The molecule has 3 fully saturated rings. The first kappa shape index (κ1) is 20.0. The Labute approximate surface area is 173 Å². The highest BCUT2D eigenvalue weighted by atomic mass is 35.5. The van der Waals surface area contributed by atoms with E-state index in [0.29, 0.717) is 11.4 Å². The number of hydrogen-bond donors (Lipinski definition) is 1. The molecule has 1 atom stereocenters. The van der Waals surface area contributed by atoms with Crippen LogP contribution in [0.25, 0.3) is 0 Å². The van der Waals surface area contributed by atoms with Crippen molar-refractivity contribution in [1.82, 2.24) is 4.90 Å². The maximum atomic E-state index is 12.6. The molecular weight excluding hydrogens is 372 g/mol. The van der Waals surface area contributed by atoms with Crippen LogP contribution in [0.2, 0.25) is 5.02 Å². The summed E-state index contributed by atoms with van der Waals surface area (Å²) in [4.78, 5) is 16.9. The van der Waals surface area contributed by atoms with Gasteiger partial charge in [0.25, 0.3) is 0 Å². The molecule has 3 aliphatic rings. The van der Waals surface area contributed by atoms with Gasteiger partial charge in [-0.3, -0.25) is 4.90 Å². The van der Waals surface area contributed by atoms with E-state index in [1.54, 1.807) is 0 Å². The Hall–Kier alpha value is -1.26. The van der Waals surface area contributed by atoms with Gasteiger partial charge < -0.3 is 10.0 Å². The van der Waals surface area contributed by atoms with Crippen molar-refractivity contribution in [2.45, 2.75) is 69.9 Å². The highest BCUT2D eigenvalue weighted by molar-refractivity contribution is 6.30. The highest BCUT2D eigenvalue weighted by Gasteiger charge is 2.53. The molecular formula is C23H33ClN2O2. The van der Waals surface area contributed by atoms with Crippen LogP contribution < -0.4 is 4.90 Å². The zero-order valence-corrected chi connectivity index (χ0v) is 17.5. The molecule has 0 radical (unpaired) electrons. The molecule has 28 heavy (non-hydrogen) atoms. The number of carboxylic acids is 1. The molecule has 0 amide bonds. The van der Waals surface area contributed by atoms with Crippen molar-refractivity contribution in [2.75, 3.05) is 24.5 Å². The summed E-state index contributed by atoms with van der Waals surface area (Å²) in [6.07, 6.45) is 12.3. The number of aliphatic carboxylic acids is 1. The fraction of sp³-hybridized carbons (Fsp3) is 0.696. The number of piperidine rings is 1. The third-order valence-electron chi connectivity index (χ3n) is 7.36. The van der Waals surface area contributed by atoms with Crippen LogP contribution in [0.5, 0.6) is 0 Å². The van der Waals surface area contributed by atoms with Gasteiger partial charge >= 0.3 is 5.97 Å². The normalized spacial score (nSPS) is 28.0. The number of halogens is 1. The Balaban J connectivity index is 1.46. The summed E-state index contributed by atoms with van der Waals surface area (Å²) in [5.74, 6) is 0.983. The third kappa shape index (κ3) is 3.91. The van der Waals surface area contributed by atoms with Gasteiger partial charge in [0.05, 0.1) is 0 Å². The molecule has 2 saturated heterocycles. The van der Waals surface area contributed by atoms with Crippen LogP contribution in [0.15, 0.2) is 24.3 Å². The molecule has 1 saturated carbocycles. The lowest BCUT2D eigenvalue weighted by Crippen LogP contribution is -2.64. The first-order valence-corrected chi connectivity index (χ1v) is 11.5. The van der Waals surface area contributed by atoms with Gasteiger partial charge in [0.2, 0.25) is 0 Å². The Morgan fingerprint density at radius 1 is 0.964 bits per heavy atom. The van der Waals surface area contributed by atoms with Gasteiger partial charge in [0, 0.05) is 30.3 Å². The van der Waals surface area contributed by atoms with E-state index in [-0.39, 0.29) is 0 Å². The van der Waals surface area contributed by atoms with Gasteiger partial charge in [-0.1, -0.05) is 43.7 Å². The minimum atomic E-state index is -0.899. The average molecular weight is 405 g/mol. The molecule has 1 aromatic carbocycles. The summed E-state index contributed by atoms with van der Waals surface area (Å²) in [6, 6.07) is 7.64. The lowest BCUT2D eigenvalue weighted by Gasteiger charge is -2.47. The van der Waals surface area contributed by atoms with E-state index in [2.05, 4.69) is 9.80 Å². The van der Waals surface area contributed by atoms with E-state index in [9.17, 15) is 9.90 Å². The maximum Gasteiger partial charge on any atom is 0.345 e. The van der Waals surface area contributed by atoms with Crippen LogP contribution in [-0.4, -0.2) is 41.3 Å². The van der Waals surface area contributed by atoms with E-state index >= 15 is 0 Å². The second kappa shape index (κ2) is 8.62. The molecule has 1 aliphatic carbocycles. The lowest BCUT2D eigenvalue weighted by atomic mass is 9.79. The molecule has 1 N–H and O–H groups in total. The van der Waals surface area contributed by atoms with Crippen LogP contribution in [0.4, 0.5) is 5.69 Å². The number of carbonyl (C=O) groups is 1. The molecule has 2 heterocycles. The van der Waals surface area contributed by atoms with Crippen LogP contribution in [0.1, 0.15) is 64.2 Å². The SMILES string of the molecule is O=C(O)[C@]1(N2CCC(CC3CCCCC3)CC2)CCCN1c1ccc(Cl)cc1. The molecule has 0 spiro atoms. The highest BCUT2D eigenvalue weighted by Crippen LogP contribution is 2.41. The molecule has 154 valence electrons. The van der Waals surface area contributed by atoms with E-state index in [4.69, 9.17) is 11.6 Å². The molecule has 0 unspecified atom stereocenters. The largest absolute Gasteiger partial charge is 0.478 e. The van der Waals surface area contributed by atoms with Crippen molar-refractivity contribution in [3.63, 3.8) is 0 Å². The number of nitrogens with zero attached hydrogens (tertiary/aromatic N) is 2. The molecule has 0 aromatic heterocycles. The minimum Gasteiger partial charge on any atom is -0.478 e. The Morgan fingerprint density at radius 3 is 2.25 bits per heavy atom. The quantitative estimate of drug-likeness (QED) is 0.713. The van der Waals surface area contributed by atoms with Gasteiger partial charge in [-0.15, -0.1) is 0 Å². The van der Waals surface area contributed by atoms with Crippen LogP contribution in [-0.2, 0) is 4.79 Å². The predicted octanol–water partition coefficient (Wildman–Crippen LogP) is 5.40. The number of hydrogen-bond acceptors (Lipinski definition) is 3. The second-order valence-electron chi connectivity index (χ2n) is 9.02. The Morgan fingerprint density at radius 2 is 1.61 bits per heavy atom. The topological polar surface area (TPSA) is 43.8 Å². The number of carboxylic acid groups (broad SMARTS) is 1. The van der Waals surface area contributed by atoms with E-state index in [0.717, 1.165) is 56.4 Å². The maximum absolute atomic E-state index is 12.6. The number of rotatable bonds is 5. The summed E-state index contributed by atoms with van der Waals surface area (Å²) in [5.41, 5.74) is 0.0672. The van der Waals surface area contributed by atoms with Crippen LogP contribution >= 0.6 is 11.6 Å². The van der Waals surface area contributed by atoms with Crippen molar-refractivity contribution < 1.29 is 9.90 Å². The number of benzene rings is 1. The zero-order valence-electron chi connectivity index (χ0n) is 16.8. The summed E-state index contributed by atoms with van der Waals surface area (Å²) in [7, 11) is 0. The standard InChI is InChI=1S/C23H33ClN2O2/c24-20-7-9-21(10-8-20)26-14-4-13-23(26,22(27)28)25-15-11-19(12-16-25)17-18-5-2-1-3-6-18/h7-10,18-19H,1-6,11-17H2,(H,27,28)/t23-/m0/s1. The van der Waals surface area contributed by atoms with Crippen molar-refractivity contribution in [3.8, 4) is 0 Å². The average Bonchev–Trinajstić information content (AvgIpc) is 3.16. The first-order valence-electron chi connectivity index (χ1n) is 11.1. The molecule has 1 aromatic rings. The van der Waals surface area contributed by atoms with Gasteiger partial charge in [-0.05, 0) is 68.2 Å². The van der Waals surface area contributed by atoms with Gasteiger partial charge in [-0.2, -0.15) is 0 Å². The number of likely N-dealkylation sites (tertiary alicyclic amines) is 1. The third-order valence-corrected chi connectivity index (χ3v) is 7.62. The monoisotopic (exact) mass is 404 g/mol. The fourth-order valence-electron chi connectivity index (χ4n) is 5.89. The van der Waals surface area contributed by atoms with E-state index < -0.39 is 11.6 Å². The number of anilines is 1. The van der Waals surface area contributed by atoms with Gasteiger partial charge in [-0.25, -0.2) is 4.79 Å². The van der Waals surface area contributed by atoms with Crippen molar-refractivity contribution in [1.29, 1.82) is 0 Å². The van der Waals surface area contributed by atoms with Crippen LogP contribution in [0, 0.1) is 11.8 Å². The molecule has 5 heteroatoms. The summed E-state index contributed by atoms with van der Waals surface area (Å²) in [6.45, 7) is 2.58. The lowest BCUT2D eigenvalue weighted by molar-refractivity contribution is -0.152. The molecule has 2 aliphatic heterocycles. The fourth-order valence-corrected chi connectivity index (χ4v) is 6.01. The van der Waals surface area contributed by atoms with Gasteiger partial charge in [0.15, 0.2) is 5.66 Å². The smallest absolute Gasteiger partial charge is 0.345 e. The van der Waals surface area contributed by atoms with E-state index in [1.807, 2.05) is 24.3 Å². The van der Waals surface area contributed by atoms with Crippen LogP contribution in [0.3, 0.4) is 0 Å². The molecule has 0 bridgehead atoms. The Kier molecular flexibility index (Phi) is 6.17. The Bertz CT molecular complexity index is 666. The summed E-state index contributed by atoms with van der Waals surface area (Å²) >= 11 is 6.05. The summed E-state index contributed by atoms with van der Waals surface area (Å²) in [5, 5.41) is 11.0. The summed E-state index contributed by atoms with van der Waals surface area (Å²) < 4.78 is 0. The molecule has 4 nitrogen and oxygen atoms in total. The van der Waals surface area contributed by atoms with E-state index in [1.165, 1.54) is 38.5 Å². The minimum absolute atomic E-state index is 0.687.